The normalized spacial score (nSPS) is 10.2. The summed E-state index contributed by atoms with van der Waals surface area (Å²) in [6, 6.07) is 9.48. The Bertz CT molecular complexity index is 657. The van der Waals surface area contributed by atoms with Crippen molar-refractivity contribution in [3.63, 3.8) is 0 Å². The van der Waals surface area contributed by atoms with Crippen molar-refractivity contribution in [2.75, 3.05) is 7.11 Å². The lowest BCUT2D eigenvalue weighted by molar-refractivity contribution is 0.0601. The van der Waals surface area contributed by atoms with Gasteiger partial charge in [0.1, 0.15) is 0 Å². The Labute approximate surface area is 118 Å². The minimum atomic E-state index is -0.360. The van der Waals surface area contributed by atoms with Crippen LogP contribution in [0.25, 0.3) is 16.8 Å². The molecular formula is C17H17NO2. The molecule has 2 aromatic rings. The highest BCUT2D eigenvalue weighted by molar-refractivity contribution is 5.92. The summed E-state index contributed by atoms with van der Waals surface area (Å²) in [7, 11) is 1.37. The van der Waals surface area contributed by atoms with Gasteiger partial charge in [0.2, 0.25) is 0 Å². The highest BCUT2D eigenvalue weighted by Gasteiger charge is 2.11. The summed E-state index contributed by atoms with van der Waals surface area (Å²) in [5.74, 6) is -0.360. The summed E-state index contributed by atoms with van der Waals surface area (Å²) < 4.78 is 4.79. The van der Waals surface area contributed by atoms with E-state index in [1.807, 2.05) is 32.0 Å². The predicted octanol–water partition coefficient (Wildman–Crippen LogP) is 3.88. The third kappa shape index (κ3) is 2.94. The van der Waals surface area contributed by atoms with Gasteiger partial charge in [-0.2, -0.15) is 0 Å². The molecule has 1 heterocycles. The molecule has 102 valence electrons. The van der Waals surface area contributed by atoms with Crippen LogP contribution in [0.15, 0.2) is 43.1 Å². The van der Waals surface area contributed by atoms with Crippen molar-refractivity contribution in [1.82, 2.24) is 4.98 Å². The maximum absolute atomic E-state index is 11.8. The summed E-state index contributed by atoms with van der Waals surface area (Å²) in [6.45, 7) is 7.82. The summed E-state index contributed by atoms with van der Waals surface area (Å²) in [6.07, 6.45) is 1.81. The van der Waals surface area contributed by atoms with Crippen molar-refractivity contribution >= 4 is 11.5 Å². The van der Waals surface area contributed by atoms with Gasteiger partial charge in [-0.15, -0.1) is 0 Å². The Hall–Kier alpha value is -2.42. The number of rotatable bonds is 3. The monoisotopic (exact) mass is 267 g/mol. The van der Waals surface area contributed by atoms with E-state index in [1.165, 1.54) is 7.11 Å². The molecule has 0 radical (unpaired) electrons. The number of carbonyl (C=O) groups is 1. The maximum atomic E-state index is 11.8. The molecule has 1 aromatic carbocycles. The second-order valence-electron chi connectivity index (χ2n) is 4.79. The van der Waals surface area contributed by atoms with Crippen LogP contribution in [-0.4, -0.2) is 18.1 Å². The average Bonchev–Trinajstić information content (AvgIpc) is 2.46. The minimum absolute atomic E-state index is 0.360. The van der Waals surface area contributed by atoms with E-state index in [4.69, 9.17) is 4.74 Å². The van der Waals surface area contributed by atoms with Crippen molar-refractivity contribution in [2.24, 2.45) is 0 Å². The number of aryl methyl sites for hydroxylation is 1. The van der Waals surface area contributed by atoms with E-state index >= 15 is 0 Å². The highest BCUT2D eigenvalue weighted by atomic mass is 16.5. The Morgan fingerprint density at radius 1 is 1.20 bits per heavy atom. The number of esters is 1. The number of hydrogen-bond acceptors (Lipinski definition) is 3. The Morgan fingerprint density at radius 3 is 2.45 bits per heavy atom. The van der Waals surface area contributed by atoms with Gasteiger partial charge in [0, 0.05) is 11.8 Å². The molecule has 0 saturated carbocycles. The Morgan fingerprint density at radius 2 is 1.90 bits per heavy atom. The molecule has 0 unspecified atom stereocenters. The number of hydrogen-bond donors (Lipinski definition) is 0. The predicted molar refractivity (Wildman–Crippen MR) is 80.5 cm³/mol. The first-order valence-electron chi connectivity index (χ1n) is 6.33. The lowest BCUT2D eigenvalue weighted by Gasteiger charge is -2.09. The van der Waals surface area contributed by atoms with Crippen LogP contribution in [0.2, 0.25) is 0 Å². The van der Waals surface area contributed by atoms with Crippen LogP contribution in [0.1, 0.15) is 28.4 Å². The van der Waals surface area contributed by atoms with Crippen LogP contribution in [0, 0.1) is 6.92 Å². The fourth-order valence-electron chi connectivity index (χ4n) is 1.90. The second-order valence-corrected chi connectivity index (χ2v) is 4.79. The maximum Gasteiger partial charge on any atom is 0.337 e. The van der Waals surface area contributed by atoms with Crippen LogP contribution < -0.4 is 0 Å². The average molecular weight is 267 g/mol. The van der Waals surface area contributed by atoms with Crippen LogP contribution in [0.5, 0.6) is 0 Å². The first-order chi connectivity index (χ1) is 9.51. The zero-order chi connectivity index (χ0) is 14.7. The van der Waals surface area contributed by atoms with Crippen LogP contribution in [0.4, 0.5) is 0 Å². The molecule has 0 spiro atoms. The quantitative estimate of drug-likeness (QED) is 0.792. The Balaban J connectivity index is 2.57. The number of benzene rings is 1. The summed E-state index contributed by atoms with van der Waals surface area (Å²) in [5, 5.41) is 0. The Kier molecular flexibility index (Phi) is 3.99. The molecule has 1 aromatic heterocycles. The molecule has 0 aliphatic rings. The molecule has 0 saturated heterocycles. The smallest absolute Gasteiger partial charge is 0.337 e. The van der Waals surface area contributed by atoms with Crippen molar-refractivity contribution in [1.29, 1.82) is 0 Å². The third-order valence-corrected chi connectivity index (χ3v) is 3.05. The highest BCUT2D eigenvalue weighted by Crippen LogP contribution is 2.24. The van der Waals surface area contributed by atoms with Gasteiger partial charge in [-0.1, -0.05) is 18.2 Å². The molecule has 0 aliphatic carbocycles. The van der Waals surface area contributed by atoms with Crippen LogP contribution >= 0.6 is 0 Å². The molecule has 0 atom stereocenters. The first kappa shape index (κ1) is 14.0. The van der Waals surface area contributed by atoms with Gasteiger partial charge in [0.25, 0.3) is 0 Å². The van der Waals surface area contributed by atoms with Gasteiger partial charge >= 0.3 is 5.97 Å². The number of aromatic nitrogens is 1. The molecule has 0 amide bonds. The third-order valence-electron chi connectivity index (χ3n) is 3.05. The van der Waals surface area contributed by atoms with E-state index in [9.17, 15) is 4.79 Å². The largest absolute Gasteiger partial charge is 0.465 e. The minimum Gasteiger partial charge on any atom is -0.465 e. The molecule has 0 bridgehead atoms. The summed E-state index contributed by atoms with van der Waals surface area (Å²) >= 11 is 0. The number of carbonyl (C=O) groups excluding carboxylic acids is 1. The fraction of sp³-hybridized carbons (Fsp3) is 0.176. The number of nitrogens with zero attached hydrogens (tertiary/aromatic N) is 1. The molecule has 2 rings (SSSR count). The van der Waals surface area contributed by atoms with Crippen molar-refractivity contribution < 1.29 is 9.53 Å². The summed E-state index contributed by atoms with van der Waals surface area (Å²) in [4.78, 5) is 16.1. The van der Waals surface area contributed by atoms with Crippen LogP contribution in [-0.2, 0) is 4.74 Å². The van der Waals surface area contributed by atoms with E-state index in [2.05, 4.69) is 11.6 Å². The lowest BCUT2D eigenvalue weighted by Crippen LogP contribution is -2.02. The van der Waals surface area contributed by atoms with E-state index in [-0.39, 0.29) is 5.97 Å². The van der Waals surface area contributed by atoms with E-state index in [0.717, 1.165) is 28.0 Å². The van der Waals surface area contributed by atoms with E-state index < -0.39 is 0 Å². The van der Waals surface area contributed by atoms with Gasteiger partial charge < -0.3 is 4.74 Å². The van der Waals surface area contributed by atoms with Crippen molar-refractivity contribution in [3.8, 4) is 11.3 Å². The van der Waals surface area contributed by atoms with E-state index in [1.54, 1.807) is 18.3 Å². The van der Waals surface area contributed by atoms with Gasteiger partial charge in [-0.05, 0) is 49.2 Å². The lowest BCUT2D eigenvalue weighted by atomic mass is 9.99. The second kappa shape index (κ2) is 5.70. The molecular weight excluding hydrogens is 250 g/mol. The molecule has 3 heteroatoms. The fourth-order valence-corrected chi connectivity index (χ4v) is 1.90. The molecule has 3 nitrogen and oxygen atoms in total. The molecule has 20 heavy (non-hydrogen) atoms. The molecule has 0 N–H and O–H groups in total. The number of allylic oxidation sites excluding steroid dienone is 1. The van der Waals surface area contributed by atoms with Crippen molar-refractivity contribution in [2.45, 2.75) is 13.8 Å². The molecule has 0 aliphatic heterocycles. The topological polar surface area (TPSA) is 39.2 Å². The van der Waals surface area contributed by atoms with Gasteiger partial charge in [0.05, 0.1) is 18.4 Å². The number of ether oxygens (including phenoxy) is 1. The zero-order valence-corrected chi connectivity index (χ0v) is 11.9. The van der Waals surface area contributed by atoms with E-state index in [0.29, 0.717) is 5.56 Å². The first-order valence-corrected chi connectivity index (χ1v) is 6.33. The summed E-state index contributed by atoms with van der Waals surface area (Å²) in [5.41, 5.74) is 5.10. The SMILES string of the molecule is C=C(C)c1cc(C(=O)OC)cc(-c2ccc(C)cn2)c1. The van der Waals surface area contributed by atoms with Gasteiger partial charge in [-0.3, -0.25) is 4.98 Å². The zero-order valence-electron chi connectivity index (χ0n) is 11.9. The number of methoxy groups -OCH3 is 1. The van der Waals surface area contributed by atoms with Gasteiger partial charge in [0.15, 0.2) is 0 Å². The van der Waals surface area contributed by atoms with Gasteiger partial charge in [-0.25, -0.2) is 4.79 Å². The van der Waals surface area contributed by atoms with Crippen molar-refractivity contribution in [3.05, 3.63) is 59.8 Å². The standard InChI is InChI=1S/C17H17NO2/c1-11(2)13-7-14(9-15(8-13)17(19)20-4)16-6-5-12(3)10-18-16/h5-10H,1H2,2-4H3. The van der Waals surface area contributed by atoms with Crippen LogP contribution in [0.3, 0.4) is 0 Å². The molecule has 0 fully saturated rings. The number of pyridine rings is 1.